The summed E-state index contributed by atoms with van der Waals surface area (Å²) in [5.74, 6) is -0.155. The molecule has 2 N–H and O–H groups in total. The number of hydrogen-bond acceptors (Lipinski definition) is 6. The molecule has 1 saturated heterocycles. The van der Waals surface area contributed by atoms with E-state index >= 15 is 0 Å². The van der Waals surface area contributed by atoms with E-state index in [2.05, 4.69) is 9.71 Å². The van der Waals surface area contributed by atoms with Crippen LogP contribution in [0.2, 0.25) is 5.02 Å². The number of nitrogens with zero attached hydrogens (tertiary/aromatic N) is 3. The SMILES string of the molecule is Cc1c(Cl)cccc1S(=O)(=O)Nc1ncc(CC(=O)N2CCN(C(=O)O)C(C(C)(C)C)C2)s1. The van der Waals surface area contributed by atoms with E-state index in [4.69, 9.17) is 11.6 Å². The third-order valence-corrected chi connectivity index (χ3v) is 8.52. The molecule has 0 bridgehead atoms. The molecule has 0 saturated carbocycles. The first kappa shape index (κ1) is 25.3. The minimum Gasteiger partial charge on any atom is -0.465 e. The van der Waals surface area contributed by atoms with Gasteiger partial charge < -0.3 is 14.9 Å². The average molecular weight is 515 g/mol. The molecule has 2 heterocycles. The lowest BCUT2D eigenvalue weighted by molar-refractivity contribution is -0.134. The quantitative estimate of drug-likeness (QED) is 0.628. The molecule has 180 valence electrons. The maximum atomic E-state index is 12.9. The molecule has 2 amide bonds. The maximum absolute atomic E-state index is 12.9. The molecule has 12 heteroatoms. The van der Waals surface area contributed by atoms with Crippen molar-refractivity contribution in [3.8, 4) is 0 Å². The number of aromatic nitrogens is 1. The minimum absolute atomic E-state index is 0.0551. The summed E-state index contributed by atoms with van der Waals surface area (Å²) in [4.78, 5) is 32.3. The number of carbonyl (C=O) groups is 2. The zero-order valence-electron chi connectivity index (χ0n) is 18.8. The van der Waals surface area contributed by atoms with Crippen LogP contribution in [-0.2, 0) is 21.2 Å². The number of amides is 2. The third kappa shape index (κ3) is 5.77. The van der Waals surface area contributed by atoms with Crippen LogP contribution >= 0.6 is 22.9 Å². The van der Waals surface area contributed by atoms with E-state index in [0.29, 0.717) is 28.6 Å². The molecule has 2 aromatic rings. The molecule has 1 aliphatic rings. The first-order chi connectivity index (χ1) is 15.3. The van der Waals surface area contributed by atoms with Gasteiger partial charge in [-0.3, -0.25) is 9.52 Å². The van der Waals surface area contributed by atoms with Crippen molar-refractivity contribution >= 4 is 50.1 Å². The van der Waals surface area contributed by atoms with Gasteiger partial charge in [0, 0.05) is 35.7 Å². The number of carbonyl (C=O) groups excluding carboxylic acids is 1. The Morgan fingerprint density at radius 3 is 2.64 bits per heavy atom. The predicted octanol–water partition coefficient (Wildman–Crippen LogP) is 3.69. The van der Waals surface area contributed by atoms with Gasteiger partial charge in [0.15, 0.2) is 5.13 Å². The second-order valence-corrected chi connectivity index (χ2v) is 12.1. The average Bonchev–Trinajstić information content (AvgIpc) is 3.14. The van der Waals surface area contributed by atoms with Gasteiger partial charge in [-0.15, -0.1) is 11.3 Å². The van der Waals surface area contributed by atoms with Crippen molar-refractivity contribution in [3.05, 3.63) is 39.9 Å². The van der Waals surface area contributed by atoms with Crippen molar-refractivity contribution in [1.82, 2.24) is 14.8 Å². The van der Waals surface area contributed by atoms with Crippen LogP contribution in [-0.4, -0.2) is 66.0 Å². The Morgan fingerprint density at radius 1 is 1.30 bits per heavy atom. The predicted molar refractivity (Wildman–Crippen MR) is 127 cm³/mol. The summed E-state index contributed by atoms with van der Waals surface area (Å²) in [6.07, 6.45) is 0.538. The first-order valence-corrected chi connectivity index (χ1v) is 13.0. The second kappa shape index (κ2) is 9.47. The molecular formula is C21H27ClN4O5S2. The summed E-state index contributed by atoms with van der Waals surface area (Å²) in [5.41, 5.74) is 0.110. The molecule has 33 heavy (non-hydrogen) atoms. The van der Waals surface area contributed by atoms with Gasteiger partial charge in [0.25, 0.3) is 10.0 Å². The summed E-state index contributed by atoms with van der Waals surface area (Å²) in [6.45, 7) is 8.33. The molecule has 1 atom stereocenters. The van der Waals surface area contributed by atoms with Crippen LogP contribution in [0.25, 0.3) is 0 Å². The number of carboxylic acid groups (broad SMARTS) is 1. The third-order valence-electron chi connectivity index (χ3n) is 5.59. The Hall–Kier alpha value is -2.37. The van der Waals surface area contributed by atoms with Crippen molar-refractivity contribution in [3.63, 3.8) is 0 Å². The van der Waals surface area contributed by atoms with E-state index in [9.17, 15) is 23.1 Å². The van der Waals surface area contributed by atoms with Gasteiger partial charge in [-0.25, -0.2) is 18.2 Å². The number of thiazole rings is 1. The van der Waals surface area contributed by atoms with Gasteiger partial charge in [0.2, 0.25) is 5.91 Å². The Bertz CT molecular complexity index is 1160. The number of hydrogen-bond donors (Lipinski definition) is 2. The smallest absolute Gasteiger partial charge is 0.407 e. The molecular weight excluding hydrogens is 488 g/mol. The summed E-state index contributed by atoms with van der Waals surface area (Å²) in [7, 11) is -3.88. The number of rotatable bonds is 5. The summed E-state index contributed by atoms with van der Waals surface area (Å²) >= 11 is 7.12. The lowest BCUT2D eigenvalue weighted by atomic mass is 9.84. The van der Waals surface area contributed by atoms with Crippen LogP contribution in [0.1, 0.15) is 31.2 Å². The van der Waals surface area contributed by atoms with Crippen molar-refractivity contribution in [2.24, 2.45) is 5.41 Å². The van der Waals surface area contributed by atoms with Gasteiger partial charge in [-0.05, 0) is 30.0 Å². The monoisotopic (exact) mass is 514 g/mol. The Labute approximate surface area is 202 Å². The van der Waals surface area contributed by atoms with Gasteiger partial charge in [-0.1, -0.05) is 38.4 Å². The fourth-order valence-electron chi connectivity index (χ4n) is 3.73. The number of sulfonamides is 1. The van der Waals surface area contributed by atoms with Crippen molar-refractivity contribution in [2.45, 2.75) is 45.1 Å². The maximum Gasteiger partial charge on any atom is 0.407 e. The molecule has 1 aromatic heterocycles. The highest BCUT2D eigenvalue weighted by Gasteiger charge is 2.39. The van der Waals surface area contributed by atoms with Crippen LogP contribution in [0.3, 0.4) is 0 Å². The van der Waals surface area contributed by atoms with E-state index in [1.54, 1.807) is 24.0 Å². The first-order valence-electron chi connectivity index (χ1n) is 10.3. The van der Waals surface area contributed by atoms with Crippen LogP contribution in [0.5, 0.6) is 0 Å². The van der Waals surface area contributed by atoms with Crippen molar-refractivity contribution in [1.29, 1.82) is 0 Å². The van der Waals surface area contributed by atoms with Crippen LogP contribution in [0, 0.1) is 12.3 Å². The van der Waals surface area contributed by atoms with Crippen LogP contribution < -0.4 is 4.72 Å². The standard InChI is InChI=1S/C21H27ClN4O5S2/c1-13-15(22)6-5-7-16(13)33(30,31)24-19-23-11-14(32-19)10-18(27)25-8-9-26(20(28)29)17(12-25)21(2,3)4/h5-7,11,17H,8-10,12H2,1-4H3,(H,23,24)(H,28,29). The van der Waals surface area contributed by atoms with E-state index in [-0.39, 0.29) is 40.4 Å². The molecule has 1 fully saturated rings. The fourth-order valence-corrected chi connectivity index (χ4v) is 6.27. The topological polar surface area (TPSA) is 120 Å². The Morgan fingerprint density at radius 2 is 2.00 bits per heavy atom. The number of halogens is 1. The van der Waals surface area contributed by atoms with Crippen LogP contribution in [0.4, 0.5) is 9.93 Å². The molecule has 0 aliphatic carbocycles. The molecule has 1 aliphatic heterocycles. The van der Waals surface area contributed by atoms with E-state index in [1.165, 1.54) is 17.2 Å². The number of nitrogens with one attached hydrogen (secondary N) is 1. The van der Waals surface area contributed by atoms with E-state index in [0.717, 1.165) is 11.3 Å². The Kier molecular flexibility index (Phi) is 7.25. The van der Waals surface area contributed by atoms with Gasteiger partial charge in [0.1, 0.15) is 0 Å². The molecule has 9 nitrogen and oxygen atoms in total. The van der Waals surface area contributed by atoms with Gasteiger partial charge in [0.05, 0.1) is 17.4 Å². The highest BCUT2D eigenvalue weighted by Crippen LogP contribution is 2.29. The number of benzene rings is 1. The summed E-state index contributed by atoms with van der Waals surface area (Å²) in [5, 5.41) is 10.00. The molecule has 3 rings (SSSR count). The van der Waals surface area contributed by atoms with Crippen molar-refractivity contribution in [2.75, 3.05) is 24.4 Å². The van der Waals surface area contributed by atoms with E-state index < -0.39 is 16.1 Å². The molecule has 0 spiro atoms. The highest BCUT2D eigenvalue weighted by atomic mass is 35.5. The van der Waals surface area contributed by atoms with E-state index in [1.807, 2.05) is 20.8 Å². The lowest BCUT2D eigenvalue weighted by Gasteiger charge is -2.45. The summed E-state index contributed by atoms with van der Waals surface area (Å²) < 4.78 is 27.9. The van der Waals surface area contributed by atoms with Crippen molar-refractivity contribution < 1.29 is 23.1 Å². The van der Waals surface area contributed by atoms with Crippen LogP contribution in [0.15, 0.2) is 29.3 Å². The normalized spacial score (nSPS) is 17.2. The molecule has 1 aromatic carbocycles. The number of anilines is 1. The fraction of sp³-hybridized carbons (Fsp3) is 0.476. The zero-order chi connectivity index (χ0) is 24.6. The molecule has 1 unspecified atom stereocenters. The number of piperazine rings is 1. The summed E-state index contributed by atoms with van der Waals surface area (Å²) in [6, 6.07) is 4.32. The molecule has 0 radical (unpaired) electrons. The Balaban J connectivity index is 1.69. The lowest BCUT2D eigenvalue weighted by Crippen LogP contribution is -2.60. The van der Waals surface area contributed by atoms with Gasteiger partial charge in [-0.2, -0.15) is 0 Å². The highest BCUT2D eigenvalue weighted by molar-refractivity contribution is 7.93. The largest absolute Gasteiger partial charge is 0.465 e. The zero-order valence-corrected chi connectivity index (χ0v) is 21.2. The minimum atomic E-state index is -3.88. The van der Waals surface area contributed by atoms with Gasteiger partial charge >= 0.3 is 6.09 Å². The second-order valence-electron chi connectivity index (χ2n) is 8.97.